The molecule has 0 aromatic heterocycles. The van der Waals surface area contributed by atoms with Gasteiger partial charge in [-0.25, -0.2) is 0 Å². The first kappa shape index (κ1) is 9.96. The molecule has 0 heterocycles. The summed E-state index contributed by atoms with van der Waals surface area (Å²) in [5.41, 5.74) is 1.03. The Kier molecular flexibility index (Phi) is 3.23. The Morgan fingerprint density at radius 2 is 2.08 bits per heavy atom. The van der Waals surface area contributed by atoms with Gasteiger partial charge in [0.25, 0.3) is 0 Å². The zero-order valence-electron chi connectivity index (χ0n) is 7.73. The maximum Gasteiger partial charge on any atom is 0.182 e. The predicted molar refractivity (Wildman–Crippen MR) is 52.1 cm³/mol. The van der Waals surface area contributed by atoms with Gasteiger partial charge in [-0.05, 0) is 18.6 Å². The molecule has 1 N–H and O–H groups in total. The van der Waals surface area contributed by atoms with Crippen molar-refractivity contribution in [2.75, 3.05) is 0 Å². The van der Waals surface area contributed by atoms with Crippen molar-refractivity contribution in [1.82, 2.24) is 0 Å². The van der Waals surface area contributed by atoms with Crippen molar-refractivity contribution in [3.05, 3.63) is 48.6 Å². The maximum absolute atomic E-state index is 9.44. The average Bonchev–Trinajstić information content (AvgIpc) is 2.17. The SMILES string of the molecule is C=CC(C)(O)OCc1ccccc1. The number of ether oxygens (including phenoxy) is 1. The molecular weight excluding hydrogens is 164 g/mol. The van der Waals surface area contributed by atoms with Crippen LogP contribution < -0.4 is 0 Å². The van der Waals surface area contributed by atoms with Crippen LogP contribution >= 0.6 is 0 Å². The van der Waals surface area contributed by atoms with Gasteiger partial charge in [-0.1, -0.05) is 36.9 Å². The number of hydrogen-bond acceptors (Lipinski definition) is 2. The first-order valence-corrected chi connectivity index (χ1v) is 4.18. The van der Waals surface area contributed by atoms with Crippen LogP contribution in [0.1, 0.15) is 12.5 Å². The molecule has 0 saturated heterocycles. The third-order valence-corrected chi connectivity index (χ3v) is 1.75. The van der Waals surface area contributed by atoms with Crippen LogP contribution in [-0.2, 0) is 11.3 Å². The first-order chi connectivity index (χ1) is 6.14. The fraction of sp³-hybridized carbons (Fsp3) is 0.273. The van der Waals surface area contributed by atoms with E-state index in [0.717, 1.165) is 5.56 Å². The molecule has 70 valence electrons. The summed E-state index contributed by atoms with van der Waals surface area (Å²) in [5.74, 6) is -1.24. The van der Waals surface area contributed by atoms with Crippen molar-refractivity contribution >= 4 is 0 Å². The highest BCUT2D eigenvalue weighted by atomic mass is 16.6. The van der Waals surface area contributed by atoms with E-state index in [2.05, 4.69) is 6.58 Å². The van der Waals surface area contributed by atoms with E-state index >= 15 is 0 Å². The van der Waals surface area contributed by atoms with Gasteiger partial charge in [-0.2, -0.15) is 0 Å². The molecule has 0 aliphatic heterocycles. The summed E-state index contributed by atoms with van der Waals surface area (Å²) in [7, 11) is 0. The van der Waals surface area contributed by atoms with Crippen LogP contribution in [0.4, 0.5) is 0 Å². The average molecular weight is 178 g/mol. The number of hydrogen-bond donors (Lipinski definition) is 1. The molecule has 0 spiro atoms. The van der Waals surface area contributed by atoms with Crippen molar-refractivity contribution in [3.63, 3.8) is 0 Å². The zero-order valence-corrected chi connectivity index (χ0v) is 7.73. The van der Waals surface area contributed by atoms with Crippen molar-refractivity contribution in [2.24, 2.45) is 0 Å². The summed E-state index contributed by atoms with van der Waals surface area (Å²) >= 11 is 0. The lowest BCUT2D eigenvalue weighted by atomic mass is 10.2. The van der Waals surface area contributed by atoms with E-state index in [0.29, 0.717) is 6.61 Å². The van der Waals surface area contributed by atoms with Gasteiger partial charge in [0.15, 0.2) is 5.79 Å². The molecule has 1 rings (SSSR count). The molecule has 0 amide bonds. The minimum atomic E-state index is -1.24. The van der Waals surface area contributed by atoms with Gasteiger partial charge in [0.2, 0.25) is 0 Å². The second-order valence-corrected chi connectivity index (χ2v) is 3.03. The fourth-order valence-corrected chi connectivity index (χ4v) is 0.863. The van der Waals surface area contributed by atoms with E-state index in [-0.39, 0.29) is 0 Å². The van der Waals surface area contributed by atoms with Crippen LogP contribution in [0.25, 0.3) is 0 Å². The lowest BCUT2D eigenvalue weighted by molar-refractivity contribution is -0.160. The lowest BCUT2D eigenvalue weighted by Crippen LogP contribution is -2.24. The maximum atomic E-state index is 9.44. The predicted octanol–water partition coefficient (Wildman–Crippen LogP) is 2.10. The summed E-state index contributed by atoms with van der Waals surface area (Å²) in [6.07, 6.45) is 1.37. The quantitative estimate of drug-likeness (QED) is 0.565. The van der Waals surface area contributed by atoms with Crippen LogP contribution in [-0.4, -0.2) is 10.9 Å². The first-order valence-electron chi connectivity index (χ1n) is 4.18. The third-order valence-electron chi connectivity index (χ3n) is 1.75. The third kappa shape index (κ3) is 3.40. The summed E-state index contributed by atoms with van der Waals surface area (Å²) in [4.78, 5) is 0. The Morgan fingerprint density at radius 3 is 2.62 bits per heavy atom. The van der Waals surface area contributed by atoms with E-state index in [1.807, 2.05) is 30.3 Å². The molecule has 0 fully saturated rings. The van der Waals surface area contributed by atoms with E-state index in [9.17, 15) is 5.11 Å². The summed E-state index contributed by atoms with van der Waals surface area (Å²) in [5, 5.41) is 9.44. The second-order valence-electron chi connectivity index (χ2n) is 3.03. The Hall–Kier alpha value is -1.12. The Bertz CT molecular complexity index is 265. The van der Waals surface area contributed by atoms with Gasteiger partial charge in [-0.3, -0.25) is 0 Å². The number of rotatable bonds is 4. The lowest BCUT2D eigenvalue weighted by Gasteiger charge is -2.19. The zero-order chi connectivity index (χ0) is 9.73. The van der Waals surface area contributed by atoms with Crippen LogP contribution in [0, 0.1) is 0 Å². The molecule has 1 aromatic carbocycles. The number of benzene rings is 1. The molecule has 0 saturated carbocycles. The van der Waals surface area contributed by atoms with E-state index in [1.54, 1.807) is 6.92 Å². The molecule has 13 heavy (non-hydrogen) atoms. The van der Waals surface area contributed by atoms with Gasteiger partial charge in [-0.15, -0.1) is 0 Å². The Labute approximate surface area is 78.5 Å². The largest absolute Gasteiger partial charge is 0.362 e. The van der Waals surface area contributed by atoms with Gasteiger partial charge in [0.05, 0.1) is 6.61 Å². The highest BCUT2D eigenvalue weighted by Gasteiger charge is 2.14. The molecule has 2 nitrogen and oxygen atoms in total. The van der Waals surface area contributed by atoms with Gasteiger partial charge < -0.3 is 9.84 Å². The Balaban J connectivity index is 2.48. The van der Waals surface area contributed by atoms with Crippen LogP contribution in [0.3, 0.4) is 0 Å². The van der Waals surface area contributed by atoms with Crippen LogP contribution in [0.5, 0.6) is 0 Å². The topological polar surface area (TPSA) is 29.5 Å². The highest BCUT2D eigenvalue weighted by molar-refractivity contribution is 5.13. The van der Waals surface area contributed by atoms with E-state index < -0.39 is 5.79 Å². The second kappa shape index (κ2) is 4.21. The van der Waals surface area contributed by atoms with E-state index in [1.165, 1.54) is 6.08 Å². The molecule has 0 radical (unpaired) electrons. The van der Waals surface area contributed by atoms with Gasteiger partial charge in [0.1, 0.15) is 0 Å². The molecule has 2 heteroatoms. The Morgan fingerprint density at radius 1 is 1.46 bits per heavy atom. The van der Waals surface area contributed by atoms with Gasteiger partial charge in [0, 0.05) is 0 Å². The normalized spacial score (nSPS) is 14.9. The summed E-state index contributed by atoms with van der Waals surface area (Å²) < 4.78 is 5.20. The fourth-order valence-electron chi connectivity index (χ4n) is 0.863. The molecule has 0 aliphatic rings. The molecule has 1 aromatic rings. The highest BCUT2D eigenvalue weighted by Crippen LogP contribution is 2.10. The minimum Gasteiger partial charge on any atom is -0.362 e. The summed E-state index contributed by atoms with van der Waals surface area (Å²) in [6, 6.07) is 9.69. The minimum absolute atomic E-state index is 0.389. The summed E-state index contributed by atoms with van der Waals surface area (Å²) in [6.45, 7) is 5.42. The van der Waals surface area contributed by atoms with Crippen molar-refractivity contribution in [1.29, 1.82) is 0 Å². The number of aliphatic hydroxyl groups is 1. The van der Waals surface area contributed by atoms with E-state index in [4.69, 9.17) is 4.74 Å². The molecule has 0 aliphatic carbocycles. The molecule has 1 unspecified atom stereocenters. The molecule has 1 atom stereocenters. The molecule has 0 bridgehead atoms. The van der Waals surface area contributed by atoms with Crippen molar-refractivity contribution in [3.8, 4) is 0 Å². The van der Waals surface area contributed by atoms with Crippen molar-refractivity contribution < 1.29 is 9.84 Å². The smallest absolute Gasteiger partial charge is 0.182 e. The monoisotopic (exact) mass is 178 g/mol. The molecular formula is C11H14O2. The standard InChI is InChI=1S/C11H14O2/c1-3-11(2,12)13-9-10-7-5-4-6-8-10/h3-8,12H,1,9H2,2H3. The van der Waals surface area contributed by atoms with Crippen molar-refractivity contribution in [2.45, 2.75) is 19.3 Å². The van der Waals surface area contributed by atoms with Crippen LogP contribution in [0.15, 0.2) is 43.0 Å². The van der Waals surface area contributed by atoms with Crippen LogP contribution in [0.2, 0.25) is 0 Å². The van der Waals surface area contributed by atoms with Gasteiger partial charge >= 0.3 is 0 Å².